The molecular formula is C19H27NO. The average molecular weight is 285 g/mol. The van der Waals surface area contributed by atoms with Crippen LogP contribution in [-0.4, -0.2) is 18.4 Å². The van der Waals surface area contributed by atoms with Gasteiger partial charge in [-0.25, -0.2) is 0 Å². The third-order valence-electron chi connectivity index (χ3n) is 5.85. The van der Waals surface area contributed by atoms with Crippen molar-refractivity contribution in [3.63, 3.8) is 0 Å². The van der Waals surface area contributed by atoms with E-state index in [0.717, 1.165) is 32.2 Å². The van der Waals surface area contributed by atoms with Gasteiger partial charge in [-0.1, -0.05) is 30.7 Å². The molecule has 2 bridgehead atoms. The largest absolute Gasteiger partial charge is 0.313 e. The molecule has 2 heteroatoms. The molecule has 2 nitrogen and oxygen atoms in total. The average Bonchev–Trinajstić information content (AvgIpc) is 2.42. The number of hydrogen-bond acceptors (Lipinski definition) is 2. The summed E-state index contributed by atoms with van der Waals surface area (Å²) < 4.78 is 0. The number of hydrogen-bond donors (Lipinski definition) is 1. The molecule has 1 aliphatic carbocycles. The molecule has 21 heavy (non-hydrogen) atoms. The summed E-state index contributed by atoms with van der Waals surface area (Å²) in [5.41, 5.74) is 4.75. The molecule has 0 amide bonds. The minimum Gasteiger partial charge on any atom is -0.313 e. The normalized spacial score (nSPS) is 30.8. The SMILES string of the molecule is CC(=O)CCC[C@]12CCN[C@H](Cc3ccc(C)cc31)[C@@H]2C. The molecule has 0 spiro atoms. The molecule has 0 unspecified atom stereocenters. The van der Waals surface area contributed by atoms with Gasteiger partial charge in [0.15, 0.2) is 0 Å². The van der Waals surface area contributed by atoms with Crippen molar-refractivity contribution in [1.29, 1.82) is 0 Å². The number of carbonyl (C=O) groups excluding carboxylic acids is 1. The molecule has 1 aromatic rings. The van der Waals surface area contributed by atoms with Gasteiger partial charge in [0.1, 0.15) is 5.78 Å². The summed E-state index contributed by atoms with van der Waals surface area (Å²) in [7, 11) is 0. The maximum absolute atomic E-state index is 11.3. The minimum absolute atomic E-state index is 0.283. The number of rotatable bonds is 4. The van der Waals surface area contributed by atoms with Gasteiger partial charge in [-0.05, 0) is 63.1 Å². The van der Waals surface area contributed by atoms with E-state index in [9.17, 15) is 4.79 Å². The lowest BCUT2D eigenvalue weighted by atomic mass is 9.56. The molecule has 1 N–H and O–H groups in total. The van der Waals surface area contributed by atoms with Crippen LogP contribution in [0, 0.1) is 12.8 Å². The highest BCUT2D eigenvalue weighted by molar-refractivity contribution is 5.75. The fourth-order valence-electron chi connectivity index (χ4n) is 4.61. The van der Waals surface area contributed by atoms with E-state index in [2.05, 4.69) is 37.4 Å². The second-order valence-corrected chi connectivity index (χ2v) is 7.18. The Morgan fingerprint density at radius 1 is 1.43 bits per heavy atom. The first-order chi connectivity index (χ1) is 10.0. The van der Waals surface area contributed by atoms with Crippen molar-refractivity contribution in [2.75, 3.05) is 6.54 Å². The zero-order chi connectivity index (χ0) is 15.0. The van der Waals surface area contributed by atoms with Crippen LogP contribution < -0.4 is 5.32 Å². The first-order valence-corrected chi connectivity index (χ1v) is 8.36. The van der Waals surface area contributed by atoms with E-state index in [0.29, 0.717) is 17.7 Å². The molecule has 1 aliphatic heterocycles. The van der Waals surface area contributed by atoms with Crippen LogP contribution in [0.3, 0.4) is 0 Å². The quantitative estimate of drug-likeness (QED) is 0.916. The predicted octanol–water partition coefficient (Wildman–Crippen LogP) is 3.55. The van der Waals surface area contributed by atoms with Crippen LogP contribution in [-0.2, 0) is 16.6 Å². The van der Waals surface area contributed by atoms with E-state index < -0.39 is 0 Å². The van der Waals surface area contributed by atoms with Gasteiger partial charge in [-0.15, -0.1) is 0 Å². The molecule has 3 rings (SSSR count). The Morgan fingerprint density at radius 2 is 2.24 bits per heavy atom. The Hall–Kier alpha value is -1.15. The fraction of sp³-hybridized carbons (Fsp3) is 0.632. The number of piperidine rings is 1. The summed E-state index contributed by atoms with van der Waals surface area (Å²) in [4.78, 5) is 11.3. The Bertz CT molecular complexity index is 550. The van der Waals surface area contributed by atoms with Gasteiger partial charge >= 0.3 is 0 Å². The van der Waals surface area contributed by atoms with Crippen molar-refractivity contribution in [1.82, 2.24) is 5.32 Å². The number of carbonyl (C=O) groups is 1. The Kier molecular flexibility index (Phi) is 3.92. The number of fused-ring (bicyclic) bond motifs is 4. The van der Waals surface area contributed by atoms with E-state index in [-0.39, 0.29) is 5.41 Å². The zero-order valence-corrected chi connectivity index (χ0v) is 13.5. The van der Waals surface area contributed by atoms with Gasteiger partial charge in [0, 0.05) is 17.9 Å². The third-order valence-corrected chi connectivity index (χ3v) is 5.85. The maximum atomic E-state index is 11.3. The molecule has 0 aromatic heterocycles. The second-order valence-electron chi connectivity index (χ2n) is 7.18. The lowest BCUT2D eigenvalue weighted by Crippen LogP contribution is -2.57. The lowest BCUT2D eigenvalue weighted by molar-refractivity contribution is -0.117. The number of ketones is 1. The Balaban J connectivity index is 1.98. The summed E-state index contributed by atoms with van der Waals surface area (Å²) in [5, 5.41) is 3.71. The number of benzene rings is 1. The highest BCUT2D eigenvalue weighted by Crippen LogP contribution is 2.49. The molecule has 1 aromatic carbocycles. The minimum atomic E-state index is 0.283. The number of Topliss-reactive ketones (excluding diaryl/α,β-unsaturated/α-hetero) is 1. The van der Waals surface area contributed by atoms with Gasteiger partial charge in [0.2, 0.25) is 0 Å². The van der Waals surface area contributed by atoms with Crippen molar-refractivity contribution < 1.29 is 4.79 Å². The van der Waals surface area contributed by atoms with E-state index in [4.69, 9.17) is 0 Å². The Morgan fingerprint density at radius 3 is 3.00 bits per heavy atom. The topological polar surface area (TPSA) is 29.1 Å². The van der Waals surface area contributed by atoms with Crippen molar-refractivity contribution in [2.45, 2.75) is 64.3 Å². The van der Waals surface area contributed by atoms with Crippen LogP contribution in [0.15, 0.2) is 18.2 Å². The maximum Gasteiger partial charge on any atom is 0.129 e. The number of aryl methyl sites for hydroxylation is 1. The van der Waals surface area contributed by atoms with Crippen LogP contribution in [0.5, 0.6) is 0 Å². The standard InChI is InChI=1S/C19H27NO/c1-13-6-7-16-12-18-15(3)19(9-10-20-18,17(16)11-13)8-4-5-14(2)21/h6-7,11,15,18,20H,4-5,8-10,12H2,1-3H3/t15-,18+,19+/m0/s1. The smallest absolute Gasteiger partial charge is 0.129 e. The highest BCUT2D eigenvalue weighted by atomic mass is 16.1. The summed E-state index contributed by atoms with van der Waals surface area (Å²) in [5.74, 6) is 0.984. The second kappa shape index (κ2) is 5.57. The molecule has 1 fully saturated rings. The predicted molar refractivity (Wildman–Crippen MR) is 86.7 cm³/mol. The monoisotopic (exact) mass is 285 g/mol. The highest BCUT2D eigenvalue weighted by Gasteiger charge is 2.47. The van der Waals surface area contributed by atoms with Crippen LogP contribution >= 0.6 is 0 Å². The van der Waals surface area contributed by atoms with Crippen molar-refractivity contribution in [3.05, 3.63) is 34.9 Å². The third kappa shape index (κ3) is 2.55. The van der Waals surface area contributed by atoms with E-state index in [1.807, 2.05) is 0 Å². The molecule has 1 saturated heterocycles. The first-order valence-electron chi connectivity index (χ1n) is 8.36. The van der Waals surface area contributed by atoms with Gasteiger partial charge in [0.25, 0.3) is 0 Å². The molecule has 0 radical (unpaired) electrons. The van der Waals surface area contributed by atoms with Gasteiger partial charge in [-0.3, -0.25) is 0 Å². The van der Waals surface area contributed by atoms with E-state index in [1.165, 1.54) is 17.5 Å². The summed E-state index contributed by atoms with van der Waals surface area (Å²) >= 11 is 0. The van der Waals surface area contributed by atoms with Crippen LogP contribution in [0.1, 0.15) is 56.2 Å². The van der Waals surface area contributed by atoms with Gasteiger partial charge in [-0.2, -0.15) is 0 Å². The van der Waals surface area contributed by atoms with Crippen molar-refractivity contribution in [2.24, 2.45) is 5.92 Å². The van der Waals surface area contributed by atoms with Crippen molar-refractivity contribution >= 4 is 5.78 Å². The summed E-state index contributed by atoms with van der Waals surface area (Å²) in [6.07, 6.45) is 5.28. The molecule has 2 aliphatic rings. The molecule has 3 atom stereocenters. The van der Waals surface area contributed by atoms with Crippen LogP contribution in [0.4, 0.5) is 0 Å². The molecule has 1 heterocycles. The van der Waals surface area contributed by atoms with Gasteiger partial charge in [0.05, 0.1) is 0 Å². The Labute approximate surface area is 128 Å². The summed E-state index contributed by atoms with van der Waals surface area (Å²) in [6.45, 7) is 7.44. The lowest BCUT2D eigenvalue weighted by Gasteiger charge is -2.52. The first kappa shape index (κ1) is 14.8. The molecule has 0 saturated carbocycles. The zero-order valence-electron chi connectivity index (χ0n) is 13.5. The molecule has 114 valence electrons. The van der Waals surface area contributed by atoms with Gasteiger partial charge < -0.3 is 10.1 Å². The van der Waals surface area contributed by atoms with Crippen LogP contribution in [0.25, 0.3) is 0 Å². The van der Waals surface area contributed by atoms with Crippen LogP contribution in [0.2, 0.25) is 0 Å². The summed E-state index contributed by atoms with van der Waals surface area (Å²) in [6, 6.07) is 7.59. The van der Waals surface area contributed by atoms with E-state index >= 15 is 0 Å². The fourth-order valence-corrected chi connectivity index (χ4v) is 4.61. The van der Waals surface area contributed by atoms with Crippen molar-refractivity contribution in [3.8, 4) is 0 Å². The molecular weight excluding hydrogens is 258 g/mol. The number of nitrogens with one attached hydrogen (secondary N) is 1. The van der Waals surface area contributed by atoms with E-state index in [1.54, 1.807) is 12.5 Å².